The summed E-state index contributed by atoms with van der Waals surface area (Å²) >= 11 is 0. The van der Waals surface area contributed by atoms with Gasteiger partial charge < -0.3 is 15.3 Å². The van der Waals surface area contributed by atoms with E-state index in [0.29, 0.717) is 19.5 Å². The predicted molar refractivity (Wildman–Crippen MR) is 83.1 cm³/mol. The molecule has 1 saturated heterocycles. The van der Waals surface area contributed by atoms with Crippen LogP contribution in [0.15, 0.2) is 11.6 Å². The van der Waals surface area contributed by atoms with Gasteiger partial charge in [-0.05, 0) is 46.0 Å². The highest BCUT2D eigenvalue weighted by atomic mass is 16.4. The van der Waals surface area contributed by atoms with Gasteiger partial charge in [-0.2, -0.15) is 0 Å². The van der Waals surface area contributed by atoms with Gasteiger partial charge in [0.15, 0.2) is 0 Å². The van der Waals surface area contributed by atoms with E-state index in [2.05, 4.69) is 25.2 Å². The van der Waals surface area contributed by atoms with Crippen molar-refractivity contribution >= 4 is 12.0 Å². The minimum absolute atomic E-state index is 0.0913. The molecule has 0 bridgehead atoms. The van der Waals surface area contributed by atoms with Crippen LogP contribution in [-0.2, 0) is 4.79 Å². The molecule has 2 amide bonds. The number of nitrogens with one attached hydrogen (secondary N) is 1. The van der Waals surface area contributed by atoms with E-state index in [9.17, 15) is 9.59 Å². The lowest BCUT2D eigenvalue weighted by atomic mass is 9.91. The molecule has 120 valence electrons. The summed E-state index contributed by atoms with van der Waals surface area (Å²) in [7, 11) is 0. The number of nitrogens with zero attached hydrogens (tertiary/aromatic N) is 1. The molecule has 21 heavy (non-hydrogen) atoms. The zero-order chi connectivity index (χ0) is 16.0. The molecule has 0 spiro atoms. The van der Waals surface area contributed by atoms with Gasteiger partial charge >= 0.3 is 12.0 Å². The summed E-state index contributed by atoms with van der Waals surface area (Å²) in [6.07, 6.45) is 4.64. The molecule has 0 saturated carbocycles. The van der Waals surface area contributed by atoms with Gasteiger partial charge in [0.25, 0.3) is 0 Å². The number of rotatable bonds is 5. The van der Waals surface area contributed by atoms with Crippen molar-refractivity contribution in [3.63, 3.8) is 0 Å². The van der Waals surface area contributed by atoms with Crippen LogP contribution in [0.1, 0.15) is 47.0 Å². The van der Waals surface area contributed by atoms with Gasteiger partial charge in [0.1, 0.15) is 0 Å². The van der Waals surface area contributed by atoms with Gasteiger partial charge in [-0.15, -0.1) is 0 Å². The smallest absolute Gasteiger partial charge is 0.317 e. The second-order valence-electron chi connectivity index (χ2n) is 6.49. The standard InChI is InChI=1S/C16H28N2O3/c1-11(2)6-5-7-13(4)17-16(21)18-9-12(3)8-14(10-18)15(19)20/h6,12-14H,5,7-10H2,1-4H3,(H,17,21)(H,19,20). The first kappa shape index (κ1) is 17.5. The normalized spacial score (nSPS) is 23.3. The Hall–Kier alpha value is -1.52. The molecule has 3 unspecified atom stereocenters. The van der Waals surface area contributed by atoms with E-state index >= 15 is 0 Å². The van der Waals surface area contributed by atoms with E-state index in [4.69, 9.17) is 5.11 Å². The number of urea groups is 1. The molecule has 3 atom stereocenters. The zero-order valence-corrected chi connectivity index (χ0v) is 13.6. The van der Waals surface area contributed by atoms with Crippen LogP contribution in [0, 0.1) is 11.8 Å². The van der Waals surface area contributed by atoms with Gasteiger partial charge in [0.05, 0.1) is 5.92 Å². The monoisotopic (exact) mass is 296 g/mol. The van der Waals surface area contributed by atoms with Crippen LogP contribution in [0.3, 0.4) is 0 Å². The largest absolute Gasteiger partial charge is 0.481 e. The van der Waals surface area contributed by atoms with Gasteiger partial charge in [-0.1, -0.05) is 18.6 Å². The Labute approximate surface area is 127 Å². The molecule has 1 aliphatic heterocycles. The van der Waals surface area contributed by atoms with Crippen LogP contribution in [0.2, 0.25) is 0 Å². The van der Waals surface area contributed by atoms with Crippen LogP contribution in [-0.4, -0.2) is 41.1 Å². The minimum atomic E-state index is -0.809. The molecule has 2 N–H and O–H groups in total. The molecule has 0 aromatic rings. The number of allylic oxidation sites excluding steroid dienone is 2. The molecule has 1 rings (SSSR count). The summed E-state index contributed by atoms with van der Waals surface area (Å²) in [4.78, 5) is 25.0. The van der Waals surface area contributed by atoms with Crippen LogP contribution in [0.4, 0.5) is 4.79 Å². The summed E-state index contributed by atoms with van der Waals surface area (Å²) in [6.45, 7) is 9.05. The summed E-state index contributed by atoms with van der Waals surface area (Å²) < 4.78 is 0. The Morgan fingerprint density at radius 1 is 1.38 bits per heavy atom. The van der Waals surface area contributed by atoms with E-state index in [1.165, 1.54) is 5.57 Å². The molecule has 0 aromatic heterocycles. The number of hydrogen-bond acceptors (Lipinski definition) is 2. The van der Waals surface area contributed by atoms with Gasteiger partial charge in [-0.3, -0.25) is 4.79 Å². The van der Waals surface area contributed by atoms with Crippen LogP contribution < -0.4 is 5.32 Å². The van der Waals surface area contributed by atoms with Gasteiger partial charge in [0, 0.05) is 19.1 Å². The Kier molecular flexibility index (Phi) is 6.72. The SMILES string of the molecule is CC(C)=CCCC(C)NC(=O)N1CC(C)CC(C(=O)O)C1. The van der Waals surface area contributed by atoms with Crippen molar-refractivity contribution in [2.45, 2.75) is 53.0 Å². The number of likely N-dealkylation sites (tertiary alicyclic amines) is 1. The molecule has 1 heterocycles. The molecule has 0 radical (unpaired) electrons. The lowest BCUT2D eigenvalue weighted by Gasteiger charge is -2.35. The quantitative estimate of drug-likeness (QED) is 0.766. The molecule has 1 aliphatic rings. The first-order valence-electron chi connectivity index (χ1n) is 7.71. The first-order valence-corrected chi connectivity index (χ1v) is 7.71. The number of hydrogen-bond donors (Lipinski definition) is 2. The number of piperidine rings is 1. The number of carbonyl (C=O) groups is 2. The number of carboxylic acids is 1. The molecule has 0 aliphatic carbocycles. The topological polar surface area (TPSA) is 69.6 Å². The molecule has 5 heteroatoms. The third-order valence-electron chi connectivity index (χ3n) is 3.82. The highest BCUT2D eigenvalue weighted by Gasteiger charge is 2.32. The van der Waals surface area contributed by atoms with E-state index < -0.39 is 11.9 Å². The average molecular weight is 296 g/mol. The maximum Gasteiger partial charge on any atom is 0.317 e. The van der Waals surface area contributed by atoms with E-state index in [-0.39, 0.29) is 18.0 Å². The average Bonchev–Trinajstić information content (AvgIpc) is 2.37. The van der Waals surface area contributed by atoms with Gasteiger partial charge in [-0.25, -0.2) is 4.79 Å². The fourth-order valence-electron chi connectivity index (χ4n) is 2.69. The minimum Gasteiger partial charge on any atom is -0.481 e. The Morgan fingerprint density at radius 3 is 2.62 bits per heavy atom. The van der Waals surface area contributed by atoms with Gasteiger partial charge in [0.2, 0.25) is 0 Å². The van der Waals surface area contributed by atoms with E-state index in [1.807, 2.05) is 13.8 Å². The number of carbonyl (C=O) groups excluding carboxylic acids is 1. The first-order chi connectivity index (χ1) is 9.79. The van der Waals surface area contributed by atoms with Crippen LogP contribution in [0.5, 0.6) is 0 Å². The van der Waals surface area contributed by atoms with Crippen molar-refractivity contribution in [1.29, 1.82) is 0 Å². The highest BCUT2D eigenvalue weighted by molar-refractivity contribution is 5.76. The van der Waals surface area contributed by atoms with E-state index in [0.717, 1.165) is 12.8 Å². The lowest BCUT2D eigenvalue weighted by Crippen LogP contribution is -2.51. The Balaban J connectivity index is 2.46. The fourth-order valence-corrected chi connectivity index (χ4v) is 2.69. The number of carboxylic acid groups (broad SMARTS) is 1. The number of aliphatic carboxylic acids is 1. The van der Waals surface area contributed by atoms with Crippen molar-refractivity contribution in [2.24, 2.45) is 11.8 Å². The summed E-state index contributed by atoms with van der Waals surface area (Å²) in [5.41, 5.74) is 1.28. The third-order valence-corrected chi connectivity index (χ3v) is 3.82. The Bertz CT molecular complexity index is 402. The summed E-state index contributed by atoms with van der Waals surface area (Å²) in [6, 6.07) is -0.0499. The summed E-state index contributed by atoms with van der Waals surface area (Å²) in [5.74, 6) is -1.02. The maximum atomic E-state index is 12.2. The van der Waals surface area contributed by atoms with Crippen molar-refractivity contribution in [3.8, 4) is 0 Å². The van der Waals surface area contributed by atoms with Crippen LogP contribution >= 0.6 is 0 Å². The second kappa shape index (κ2) is 8.05. The second-order valence-corrected chi connectivity index (χ2v) is 6.49. The molecule has 5 nitrogen and oxygen atoms in total. The molecular formula is C16H28N2O3. The fraction of sp³-hybridized carbons (Fsp3) is 0.750. The number of amides is 2. The summed E-state index contributed by atoms with van der Waals surface area (Å²) in [5, 5.41) is 12.1. The molecular weight excluding hydrogens is 268 g/mol. The molecule has 0 aromatic carbocycles. The van der Waals surface area contributed by atoms with E-state index in [1.54, 1.807) is 4.90 Å². The highest BCUT2D eigenvalue weighted by Crippen LogP contribution is 2.21. The Morgan fingerprint density at radius 2 is 2.05 bits per heavy atom. The van der Waals surface area contributed by atoms with Crippen LogP contribution in [0.25, 0.3) is 0 Å². The predicted octanol–water partition coefficient (Wildman–Crippen LogP) is 2.87. The molecule has 1 fully saturated rings. The maximum absolute atomic E-state index is 12.2. The van der Waals surface area contributed by atoms with Crippen molar-refractivity contribution in [2.75, 3.05) is 13.1 Å². The van der Waals surface area contributed by atoms with Crippen molar-refractivity contribution < 1.29 is 14.7 Å². The van der Waals surface area contributed by atoms with Crippen molar-refractivity contribution in [1.82, 2.24) is 10.2 Å². The third kappa shape index (κ3) is 6.19. The lowest BCUT2D eigenvalue weighted by molar-refractivity contribution is -0.143. The zero-order valence-electron chi connectivity index (χ0n) is 13.6. The van der Waals surface area contributed by atoms with Crippen molar-refractivity contribution in [3.05, 3.63) is 11.6 Å².